The van der Waals surface area contributed by atoms with Gasteiger partial charge in [-0.15, -0.1) is 0 Å². The lowest BCUT2D eigenvalue weighted by molar-refractivity contribution is -0.118. The Hall–Kier alpha value is -1.88. The van der Waals surface area contributed by atoms with Gasteiger partial charge >= 0.3 is 0 Å². The minimum absolute atomic E-state index is 0.0287. The van der Waals surface area contributed by atoms with Gasteiger partial charge < -0.3 is 10.2 Å². The first kappa shape index (κ1) is 17.9. The Morgan fingerprint density at radius 3 is 2.44 bits per heavy atom. The second-order valence-electron chi connectivity index (χ2n) is 7.65. The first-order valence-corrected chi connectivity index (χ1v) is 9.37. The fourth-order valence-corrected chi connectivity index (χ4v) is 4.18. The van der Waals surface area contributed by atoms with Gasteiger partial charge in [-0.1, -0.05) is 19.3 Å². The van der Waals surface area contributed by atoms with Crippen molar-refractivity contribution in [3.63, 3.8) is 0 Å². The van der Waals surface area contributed by atoms with Crippen LogP contribution in [0.4, 0.5) is 5.69 Å². The molecule has 1 aromatic rings. The summed E-state index contributed by atoms with van der Waals surface area (Å²) in [6, 6.07) is 7.10. The van der Waals surface area contributed by atoms with E-state index < -0.39 is 0 Å². The second-order valence-corrected chi connectivity index (χ2v) is 7.65. The third-order valence-electron chi connectivity index (χ3n) is 5.56. The van der Waals surface area contributed by atoms with Crippen molar-refractivity contribution < 1.29 is 9.59 Å². The van der Waals surface area contributed by atoms with Crippen LogP contribution in [0.15, 0.2) is 24.3 Å². The Morgan fingerprint density at radius 2 is 1.76 bits per heavy atom. The molecule has 136 valence electrons. The molecule has 2 fully saturated rings. The van der Waals surface area contributed by atoms with E-state index in [2.05, 4.69) is 10.2 Å². The van der Waals surface area contributed by atoms with Crippen molar-refractivity contribution in [3.8, 4) is 0 Å². The maximum absolute atomic E-state index is 12.3. The standard InChI is InChI=1S/C20H29N3O2/c1-22(2)20(25)16-7-9-18(10-8-16)21-19(24)14-23-12-11-15-5-3-4-6-17(15)13-23/h7-10,15,17H,3-6,11-14H2,1-2H3,(H,21,24)/t15-,17+/m1/s1. The number of likely N-dealkylation sites (tertiary alicyclic amines) is 1. The van der Waals surface area contributed by atoms with Crippen LogP contribution in [0.5, 0.6) is 0 Å². The zero-order valence-electron chi connectivity index (χ0n) is 15.3. The molecule has 0 radical (unpaired) electrons. The average molecular weight is 343 g/mol. The van der Waals surface area contributed by atoms with Crippen molar-refractivity contribution in [1.82, 2.24) is 9.80 Å². The van der Waals surface area contributed by atoms with E-state index in [-0.39, 0.29) is 11.8 Å². The Morgan fingerprint density at radius 1 is 1.08 bits per heavy atom. The summed E-state index contributed by atoms with van der Waals surface area (Å²) >= 11 is 0. The van der Waals surface area contributed by atoms with Gasteiger partial charge in [0.05, 0.1) is 6.54 Å². The molecule has 0 unspecified atom stereocenters. The molecule has 1 aliphatic heterocycles. The van der Waals surface area contributed by atoms with Crippen LogP contribution in [-0.2, 0) is 4.79 Å². The lowest BCUT2D eigenvalue weighted by Crippen LogP contribution is -2.44. The average Bonchev–Trinajstić information content (AvgIpc) is 2.61. The summed E-state index contributed by atoms with van der Waals surface area (Å²) in [6.45, 7) is 2.56. The minimum atomic E-state index is -0.0340. The van der Waals surface area contributed by atoms with Crippen LogP contribution in [0.2, 0.25) is 0 Å². The molecular weight excluding hydrogens is 314 g/mol. The van der Waals surface area contributed by atoms with Gasteiger partial charge in [0.15, 0.2) is 0 Å². The number of rotatable bonds is 4. The van der Waals surface area contributed by atoms with Crippen LogP contribution in [0.25, 0.3) is 0 Å². The Labute approximate surface area is 150 Å². The van der Waals surface area contributed by atoms with Gasteiger partial charge in [-0.3, -0.25) is 14.5 Å². The molecule has 1 aliphatic carbocycles. The summed E-state index contributed by atoms with van der Waals surface area (Å²) in [4.78, 5) is 28.1. The third-order valence-corrected chi connectivity index (χ3v) is 5.56. The number of carbonyl (C=O) groups is 2. The highest BCUT2D eigenvalue weighted by Gasteiger charge is 2.31. The maximum Gasteiger partial charge on any atom is 0.253 e. The van der Waals surface area contributed by atoms with E-state index in [1.54, 1.807) is 43.3 Å². The van der Waals surface area contributed by atoms with Crippen molar-refractivity contribution in [1.29, 1.82) is 0 Å². The van der Waals surface area contributed by atoms with Crippen LogP contribution in [0.1, 0.15) is 42.5 Å². The van der Waals surface area contributed by atoms with Gasteiger partial charge in [-0.25, -0.2) is 0 Å². The highest BCUT2D eigenvalue weighted by molar-refractivity contribution is 5.96. The molecular formula is C20H29N3O2. The highest BCUT2D eigenvalue weighted by atomic mass is 16.2. The summed E-state index contributed by atoms with van der Waals surface area (Å²) in [6.07, 6.45) is 6.67. The number of hydrogen-bond donors (Lipinski definition) is 1. The normalized spacial score (nSPS) is 23.6. The predicted molar refractivity (Wildman–Crippen MR) is 99.6 cm³/mol. The molecule has 2 atom stereocenters. The molecule has 1 aromatic carbocycles. The number of anilines is 1. The third kappa shape index (κ3) is 4.60. The molecule has 1 heterocycles. The van der Waals surface area contributed by atoms with E-state index >= 15 is 0 Å². The Bertz CT molecular complexity index is 612. The zero-order valence-corrected chi connectivity index (χ0v) is 15.3. The Kier molecular flexibility index (Phi) is 5.74. The number of benzene rings is 1. The monoisotopic (exact) mass is 343 g/mol. The lowest BCUT2D eigenvalue weighted by atomic mass is 9.75. The summed E-state index contributed by atoms with van der Waals surface area (Å²) in [5, 5.41) is 2.95. The van der Waals surface area contributed by atoms with E-state index in [9.17, 15) is 9.59 Å². The molecule has 0 spiro atoms. The number of fused-ring (bicyclic) bond motifs is 1. The van der Waals surface area contributed by atoms with Gasteiger partial charge in [0, 0.05) is 31.9 Å². The summed E-state index contributed by atoms with van der Waals surface area (Å²) in [5.74, 6) is 1.66. The quantitative estimate of drug-likeness (QED) is 0.915. The molecule has 2 aliphatic rings. The fraction of sp³-hybridized carbons (Fsp3) is 0.600. The first-order valence-electron chi connectivity index (χ1n) is 9.37. The van der Waals surface area contributed by atoms with Crippen molar-refractivity contribution in [2.45, 2.75) is 32.1 Å². The van der Waals surface area contributed by atoms with Gasteiger partial charge in [0.25, 0.3) is 5.91 Å². The molecule has 0 bridgehead atoms. The van der Waals surface area contributed by atoms with Crippen molar-refractivity contribution in [3.05, 3.63) is 29.8 Å². The van der Waals surface area contributed by atoms with Crippen LogP contribution in [0.3, 0.4) is 0 Å². The number of piperidine rings is 1. The molecule has 3 rings (SSSR count). The van der Waals surface area contributed by atoms with E-state index in [4.69, 9.17) is 0 Å². The molecule has 1 N–H and O–H groups in total. The molecule has 5 heteroatoms. The van der Waals surface area contributed by atoms with E-state index in [0.29, 0.717) is 12.1 Å². The molecule has 5 nitrogen and oxygen atoms in total. The minimum Gasteiger partial charge on any atom is -0.345 e. The van der Waals surface area contributed by atoms with Gasteiger partial charge in [0.2, 0.25) is 5.91 Å². The largest absolute Gasteiger partial charge is 0.345 e. The number of nitrogens with one attached hydrogen (secondary N) is 1. The molecule has 1 saturated carbocycles. The zero-order chi connectivity index (χ0) is 17.8. The van der Waals surface area contributed by atoms with Crippen LogP contribution in [-0.4, -0.2) is 55.3 Å². The van der Waals surface area contributed by atoms with Crippen molar-refractivity contribution >= 4 is 17.5 Å². The Balaban J connectivity index is 1.50. The maximum atomic E-state index is 12.3. The van der Waals surface area contributed by atoms with Gasteiger partial charge in [-0.05, 0) is 55.5 Å². The second kappa shape index (κ2) is 8.00. The van der Waals surface area contributed by atoms with E-state index in [0.717, 1.165) is 30.6 Å². The number of amides is 2. The molecule has 25 heavy (non-hydrogen) atoms. The molecule has 1 saturated heterocycles. The van der Waals surface area contributed by atoms with Gasteiger partial charge in [-0.2, -0.15) is 0 Å². The summed E-state index contributed by atoms with van der Waals surface area (Å²) in [5.41, 5.74) is 1.37. The number of nitrogens with zero attached hydrogens (tertiary/aromatic N) is 2. The van der Waals surface area contributed by atoms with E-state index in [1.807, 2.05) is 0 Å². The molecule has 2 amide bonds. The number of carbonyl (C=O) groups excluding carboxylic acids is 2. The van der Waals surface area contributed by atoms with Crippen LogP contribution >= 0.6 is 0 Å². The fourth-order valence-electron chi connectivity index (χ4n) is 4.18. The van der Waals surface area contributed by atoms with Crippen molar-refractivity contribution in [2.75, 3.05) is 39.0 Å². The van der Waals surface area contributed by atoms with Gasteiger partial charge in [0.1, 0.15) is 0 Å². The first-order chi connectivity index (χ1) is 12.0. The van der Waals surface area contributed by atoms with Crippen molar-refractivity contribution in [2.24, 2.45) is 11.8 Å². The summed E-state index contributed by atoms with van der Waals surface area (Å²) < 4.78 is 0. The SMILES string of the molecule is CN(C)C(=O)c1ccc(NC(=O)CN2CC[C@H]3CCCC[C@H]3C2)cc1. The summed E-state index contributed by atoms with van der Waals surface area (Å²) in [7, 11) is 3.46. The molecule has 0 aromatic heterocycles. The smallest absolute Gasteiger partial charge is 0.253 e. The van der Waals surface area contributed by atoms with Crippen LogP contribution < -0.4 is 5.32 Å². The lowest BCUT2D eigenvalue weighted by Gasteiger charge is -2.41. The van der Waals surface area contributed by atoms with E-state index in [1.165, 1.54) is 32.1 Å². The van der Waals surface area contributed by atoms with Crippen LogP contribution in [0, 0.1) is 11.8 Å². The topological polar surface area (TPSA) is 52.7 Å². The number of hydrogen-bond acceptors (Lipinski definition) is 3. The predicted octanol–water partition coefficient (Wildman–Crippen LogP) is 2.84. The highest BCUT2D eigenvalue weighted by Crippen LogP contribution is 2.35.